The zero-order valence-electron chi connectivity index (χ0n) is 16.8. The van der Waals surface area contributed by atoms with Crippen LogP contribution in [-0.4, -0.2) is 25.9 Å². The Labute approximate surface area is 183 Å². The van der Waals surface area contributed by atoms with E-state index in [2.05, 4.69) is 5.32 Å². The largest absolute Gasteiger partial charge is 0.496 e. The molecule has 0 unspecified atom stereocenters. The van der Waals surface area contributed by atoms with Crippen LogP contribution in [0.2, 0.25) is 5.02 Å². The van der Waals surface area contributed by atoms with E-state index in [1.165, 1.54) is 20.3 Å². The molecular weight excluding hydrogens is 418 g/mol. The molecule has 0 aliphatic rings. The first-order chi connectivity index (χ1) is 15.0. The average molecular weight is 436 g/mol. The third-order valence-corrected chi connectivity index (χ3v) is 5.10. The van der Waals surface area contributed by atoms with Crippen molar-refractivity contribution < 1.29 is 23.5 Å². The van der Waals surface area contributed by atoms with Crippen molar-refractivity contribution in [2.24, 2.45) is 0 Å². The van der Waals surface area contributed by atoms with Crippen LogP contribution in [0, 0.1) is 0 Å². The zero-order valence-corrected chi connectivity index (χ0v) is 17.5. The van der Waals surface area contributed by atoms with Gasteiger partial charge in [0.1, 0.15) is 17.1 Å². The highest BCUT2D eigenvalue weighted by molar-refractivity contribution is 6.32. The number of fused-ring (bicyclic) bond motifs is 1. The van der Waals surface area contributed by atoms with E-state index in [4.69, 9.17) is 25.5 Å². The lowest BCUT2D eigenvalue weighted by Crippen LogP contribution is -2.15. The highest BCUT2D eigenvalue weighted by atomic mass is 35.5. The summed E-state index contributed by atoms with van der Waals surface area (Å²) in [4.78, 5) is 26.3. The van der Waals surface area contributed by atoms with Gasteiger partial charge >= 0.3 is 0 Å². The molecule has 0 radical (unpaired) electrons. The van der Waals surface area contributed by atoms with Crippen molar-refractivity contribution in [3.8, 4) is 11.5 Å². The first kappa shape index (κ1) is 20.5. The number of methoxy groups -OCH3 is 2. The van der Waals surface area contributed by atoms with Crippen LogP contribution in [-0.2, 0) is 0 Å². The number of hydrogen-bond donors (Lipinski definition) is 1. The summed E-state index contributed by atoms with van der Waals surface area (Å²) >= 11 is 6.19. The molecule has 0 saturated heterocycles. The minimum absolute atomic E-state index is 0.00526. The lowest BCUT2D eigenvalue weighted by Gasteiger charge is -2.10. The number of benzene rings is 3. The molecule has 4 aromatic rings. The molecule has 6 nitrogen and oxygen atoms in total. The van der Waals surface area contributed by atoms with Crippen molar-refractivity contribution in [1.29, 1.82) is 0 Å². The van der Waals surface area contributed by atoms with E-state index >= 15 is 0 Å². The molecule has 4 rings (SSSR count). The van der Waals surface area contributed by atoms with Gasteiger partial charge in [0.25, 0.3) is 5.91 Å². The van der Waals surface area contributed by atoms with Gasteiger partial charge in [-0.2, -0.15) is 0 Å². The minimum atomic E-state index is -0.425. The van der Waals surface area contributed by atoms with Crippen LogP contribution in [0.25, 0.3) is 11.0 Å². The van der Waals surface area contributed by atoms with Gasteiger partial charge in [0.2, 0.25) is 5.78 Å². The fraction of sp³-hybridized carbons (Fsp3) is 0.0833. The van der Waals surface area contributed by atoms with Crippen molar-refractivity contribution in [2.45, 2.75) is 0 Å². The number of ether oxygens (including phenoxy) is 2. The fourth-order valence-corrected chi connectivity index (χ4v) is 3.54. The van der Waals surface area contributed by atoms with Crippen molar-refractivity contribution in [3.05, 3.63) is 88.6 Å². The van der Waals surface area contributed by atoms with Crippen LogP contribution in [0.15, 0.2) is 71.1 Å². The van der Waals surface area contributed by atoms with Gasteiger partial charge in [0.15, 0.2) is 5.76 Å². The molecule has 1 N–H and O–H groups in total. The molecule has 1 aromatic heterocycles. The summed E-state index contributed by atoms with van der Waals surface area (Å²) in [5.41, 5.74) is 1.39. The van der Waals surface area contributed by atoms with Gasteiger partial charge in [0, 0.05) is 10.9 Å². The van der Waals surface area contributed by atoms with Gasteiger partial charge in [0.05, 0.1) is 30.5 Å². The molecule has 0 spiro atoms. The number of furan rings is 1. The van der Waals surface area contributed by atoms with Crippen molar-refractivity contribution >= 4 is 39.9 Å². The van der Waals surface area contributed by atoms with E-state index in [0.29, 0.717) is 38.6 Å². The summed E-state index contributed by atoms with van der Waals surface area (Å²) in [6.45, 7) is 0. The molecule has 31 heavy (non-hydrogen) atoms. The molecule has 1 heterocycles. The number of carbonyl (C=O) groups excluding carboxylic acids is 2. The second-order valence-corrected chi connectivity index (χ2v) is 7.04. The molecule has 0 aliphatic carbocycles. The third-order valence-electron chi connectivity index (χ3n) is 4.81. The van der Waals surface area contributed by atoms with Gasteiger partial charge in [-0.25, -0.2) is 0 Å². The normalized spacial score (nSPS) is 10.7. The summed E-state index contributed by atoms with van der Waals surface area (Å²) in [5, 5.41) is 3.72. The molecule has 156 valence electrons. The predicted octanol–water partition coefficient (Wildman–Crippen LogP) is 5.59. The number of nitrogens with one attached hydrogen (secondary N) is 1. The number of anilines is 1. The summed E-state index contributed by atoms with van der Waals surface area (Å²) in [7, 11) is 2.98. The number of hydrogen-bond acceptors (Lipinski definition) is 5. The van der Waals surface area contributed by atoms with Crippen LogP contribution in [0.5, 0.6) is 11.5 Å². The van der Waals surface area contributed by atoms with E-state index in [-0.39, 0.29) is 11.4 Å². The topological polar surface area (TPSA) is 77.8 Å². The second-order valence-electron chi connectivity index (χ2n) is 6.64. The number of carbonyl (C=O) groups is 2. The van der Waals surface area contributed by atoms with Crippen LogP contribution in [0.4, 0.5) is 5.69 Å². The average Bonchev–Trinajstić information content (AvgIpc) is 3.16. The van der Waals surface area contributed by atoms with Crippen LogP contribution >= 0.6 is 11.6 Å². The van der Waals surface area contributed by atoms with Crippen molar-refractivity contribution in [2.75, 3.05) is 19.5 Å². The number of ketones is 1. The first-order valence-corrected chi connectivity index (χ1v) is 9.75. The van der Waals surface area contributed by atoms with Gasteiger partial charge in [-0.1, -0.05) is 35.9 Å². The fourth-order valence-electron chi connectivity index (χ4n) is 3.28. The van der Waals surface area contributed by atoms with Crippen molar-refractivity contribution in [3.63, 3.8) is 0 Å². The molecule has 3 aromatic carbocycles. The molecule has 0 bridgehead atoms. The molecule has 7 heteroatoms. The van der Waals surface area contributed by atoms with E-state index in [9.17, 15) is 9.59 Å². The molecule has 0 fully saturated rings. The van der Waals surface area contributed by atoms with Gasteiger partial charge < -0.3 is 19.2 Å². The Morgan fingerprint density at radius 3 is 2.35 bits per heavy atom. The van der Waals surface area contributed by atoms with E-state index in [1.807, 2.05) is 0 Å². The van der Waals surface area contributed by atoms with Crippen molar-refractivity contribution in [1.82, 2.24) is 0 Å². The Hall–Kier alpha value is -3.77. The van der Waals surface area contributed by atoms with Crippen LogP contribution in [0.1, 0.15) is 26.5 Å². The van der Waals surface area contributed by atoms with Gasteiger partial charge in [-0.15, -0.1) is 0 Å². The Morgan fingerprint density at radius 2 is 1.61 bits per heavy atom. The Kier molecular flexibility index (Phi) is 5.64. The molecule has 0 aliphatic heterocycles. The summed E-state index contributed by atoms with van der Waals surface area (Å²) in [5.74, 6) is 0.0303. The van der Waals surface area contributed by atoms with Gasteiger partial charge in [-0.05, 0) is 42.5 Å². The van der Waals surface area contributed by atoms with Gasteiger partial charge in [-0.3, -0.25) is 9.59 Å². The summed E-state index contributed by atoms with van der Waals surface area (Å²) in [6, 6.07) is 18.6. The monoisotopic (exact) mass is 435 g/mol. The Balaban J connectivity index is 1.78. The number of rotatable bonds is 6. The first-order valence-electron chi connectivity index (χ1n) is 9.37. The molecule has 0 atom stereocenters. The molecule has 1 amide bonds. The standard InChI is InChI=1S/C24H18ClNO5/c1-29-18-9-5-4-8-16(18)24(28)26-21-15-7-3-6-10-19(15)31-23(21)22(27)14-11-12-20(30-2)17(25)13-14/h3-13H,1-2H3,(H,26,28). The third kappa shape index (κ3) is 3.85. The minimum Gasteiger partial charge on any atom is -0.496 e. The number of amides is 1. The van der Waals surface area contributed by atoms with Crippen LogP contribution in [0.3, 0.4) is 0 Å². The summed E-state index contributed by atoms with van der Waals surface area (Å²) in [6.07, 6.45) is 0. The molecule has 0 saturated carbocycles. The smallest absolute Gasteiger partial charge is 0.259 e. The lowest BCUT2D eigenvalue weighted by atomic mass is 10.1. The maximum Gasteiger partial charge on any atom is 0.259 e. The highest BCUT2D eigenvalue weighted by Crippen LogP contribution is 2.34. The van der Waals surface area contributed by atoms with E-state index in [0.717, 1.165) is 0 Å². The van der Waals surface area contributed by atoms with E-state index in [1.54, 1.807) is 60.7 Å². The molecular formula is C24H18ClNO5. The maximum atomic E-state index is 13.3. The van der Waals surface area contributed by atoms with Crippen LogP contribution < -0.4 is 14.8 Å². The highest BCUT2D eigenvalue weighted by Gasteiger charge is 2.25. The maximum absolute atomic E-state index is 13.3. The zero-order chi connectivity index (χ0) is 22.0. The lowest BCUT2D eigenvalue weighted by molar-refractivity contribution is 0.101. The Morgan fingerprint density at radius 1 is 0.903 bits per heavy atom. The number of halogens is 1. The Bertz CT molecular complexity index is 1290. The quantitative estimate of drug-likeness (QED) is 0.399. The van der Waals surface area contributed by atoms with E-state index < -0.39 is 11.7 Å². The SMILES string of the molecule is COc1ccc(C(=O)c2oc3ccccc3c2NC(=O)c2ccccc2OC)cc1Cl. The number of para-hydroxylation sites is 2. The second kappa shape index (κ2) is 8.53. The predicted molar refractivity (Wildman–Crippen MR) is 119 cm³/mol. The summed E-state index contributed by atoms with van der Waals surface area (Å²) < 4.78 is 16.3.